The summed E-state index contributed by atoms with van der Waals surface area (Å²) < 4.78 is 0. The van der Waals surface area contributed by atoms with Gasteiger partial charge in [0.2, 0.25) is 0 Å². The van der Waals surface area contributed by atoms with Crippen molar-refractivity contribution in [1.82, 2.24) is 24.9 Å². The molecule has 0 saturated carbocycles. The summed E-state index contributed by atoms with van der Waals surface area (Å²) in [6, 6.07) is 74.2. The van der Waals surface area contributed by atoms with Gasteiger partial charge < -0.3 is 0 Å². The maximum Gasteiger partial charge on any atom is 0.164 e. The summed E-state index contributed by atoms with van der Waals surface area (Å²) >= 11 is 0. The summed E-state index contributed by atoms with van der Waals surface area (Å²) in [5.74, 6) is 2.71. The van der Waals surface area contributed by atoms with Crippen LogP contribution in [0.1, 0.15) is 0 Å². The van der Waals surface area contributed by atoms with E-state index in [-0.39, 0.29) is 0 Å². The van der Waals surface area contributed by atoms with Crippen LogP contribution in [0.4, 0.5) is 0 Å². The van der Waals surface area contributed by atoms with Crippen LogP contribution in [0.5, 0.6) is 0 Å². The fourth-order valence-corrected chi connectivity index (χ4v) is 12.1. The van der Waals surface area contributed by atoms with E-state index < -0.39 is 8.07 Å². The lowest BCUT2D eigenvalue weighted by Gasteiger charge is -2.21. The molecule has 0 spiro atoms. The summed E-state index contributed by atoms with van der Waals surface area (Å²) in [7, 11) is -2.00. The highest BCUT2D eigenvalue weighted by Gasteiger charge is 2.41. The fraction of sp³-hybridized carbons (Fsp3) is 0.0351. The Hall–Kier alpha value is -7.93. The average molecular weight is 824 g/mol. The molecule has 298 valence electrons. The molecule has 10 aromatic rings. The van der Waals surface area contributed by atoms with Crippen LogP contribution in [0.2, 0.25) is 13.1 Å². The summed E-state index contributed by atoms with van der Waals surface area (Å²) in [5.41, 5.74) is 15.3. The van der Waals surface area contributed by atoms with E-state index >= 15 is 0 Å². The van der Waals surface area contributed by atoms with Gasteiger partial charge in [0.05, 0.1) is 11.4 Å². The molecule has 0 radical (unpaired) electrons. The molecule has 1 aliphatic rings. The predicted molar refractivity (Wildman–Crippen MR) is 261 cm³/mol. The first-order valence-corrected chi connectivity index (χ1v) is 24.3. The first-order valence-electron chi connectivity index (χ1n) is 21.3. The Morgan fingerprint density at radius 3 is 0.937 bits per heavy atom. The van der Waals surface area contributed by atoms with Crippen LogP contribution in [0.3, 0.4) is 0 Å². The third-order valence-corrected chi connectivity index (χ3v) is 15.7. The predicted octanol–water partition coefficient (Wildman–Crippen LogP) is 12.8. The third-order valence-electron chi connectivity index (χ3n) is 12.2. The lowest BCUT2D eigenvalue weighted by atomic mass is 9.97. The standard InChI is InChI=1S/C57H41N5Si/c1-63(2)50-21-13-12-20-49(50)52-53(63)51(44-14-6-3-7-15-44)58-54(59-52)47-34-30-42(31-35-47)40-26-22-38(23-27-40)39-24-28-41(29-25-39)43-32-36-48(37-33-43)57-61-55(45-16-8-4-9-17-45)60-56(62-57)46-18-10-5-11-19-46/h3-37H,1-2H3. The number of fused-ring (bicyclic) bond motifs is 3. The van der Waals surface area contributed by atoms with Gasteiger partial charge in [-0.2, -0.15) is 0 Å². The first kappa shape index (κ1) is 38.0. The zero-order chi connectivity index (χ0) is 42.3. The van der Waals surface area contributed by atoms with Crippen molar-refractivity contribution in [1.29, 1.82) is 0 Å². The van der Waals surface area contributed by atoms with Gasteiger partial charge in [0.15, 0.2) is 23.3 Å². The maximum absolute atomic E-state index is 5.29. The van der Waals surface area contributed by atoms with Gasteiger partial charge in [0, 0.05) is 27.8 Å². The van der Waals surface area contributed by atoms with Crippen LogP contribution in [0.25, 0.3) is 101 Å². The van der Waals surface area contributed by atoms with E-state index in [1.165, 1.54) is 27.1 Å². The Morgan fingerprint density at radius 1 is 0.254 bits per heavy atom. The summed E-state index contributed by atoms with van der Waals surface area (Å²) in [6.45, 7) is 4.84. The molecule has 0 unspecified atom stereocenters. The molecule has 8 aromatic carbocycles. The molecule has 0 fully saturated rings. The van der Waals surface area contributed by atoms with Crippen LogP contribution in [0, 0.1) is 0 Å². The van der Waals surface area contributed by atoms with Gasteiger partial charge in [-0.1, -0.05) is 225 Å². The second-order valence-electron chi connectivity index (χ2n) is 16.5. The summed E-state index contributed by atoms with van der Waals surface area (Å²) in [6.07, 6.45) is 0. The van der Waals surface area contributed by atoms with Crippen molar-refractivity contribution >= 4 is 18.4 Å². The van der Waals surface area contributed by atoms with Crippen LogP contribution >= 0.6 is 0 Å². The Labute approximate surface area is 368 Å². The van der Waals surface area contributed by atoms with Crippen LogP contribution < -0.4 is 10.4 Å². The fourth-order valence-electron chi connectivity index (χ4n) is 8.82. The zero-order valence-corrected chi connectivity index (χ0v) is 35.9. The molecule has 0 atom stereocenters. The van der Waals surface area contributed by atoms with Gasteiger partial charge in [0.1, 0.15) is 8.07 Å². The molecule has 5 nitrogen and oxygen atoms in total. The second-order valence-corrected chi connectivity index (χ2v) is 20.8. The minimum absolute atomic E-state index is 0.645. The molecule has 0 amide bonds. The SMILES string of the molecule is C[Si]1(C)c2ccccc2-c2nc(-c3ccc(-c4ccc(-c5ccc(-c6ccc(-c7nc(-c8ccccc8)nc(-c8ccccc8)n7)cc6)cc5)cc4)cc3)nc(-c3ccccc3)c21. The summed E-state index contributed by atoms with van der Waals surface area (Å²) in [4.78, 5) is 25.2. The largest absolute Gasteiger partial charge is 0.228 e. The second kappa shape index (κ2) is 15.8. The monoisotopic (exact) mass is 823 g/mol. The zero-order valence-electron chi connectivity index (χ0n) is 34.9. The van der Waals surface area contributed by atoms with Gasteiger partial charge in [-0.25, -0.2) is 24.9 Å². The topological polar surface area (TPSA) is 64.5 Å². The van der Waals surface area contributed by atoms with Gasteiger partial charge >= 0.3 is 0 Å². The van der Waals surface area contributed by atoms with Crippen LogP contribution in [-0.2, 0) is 0 Å². The molecule has 11 rings (SSSR count). The van der Waals surface area contributed by atoms with Crippen molar-refractivity contribution in [3.63, 3.8) is 0 Å². The molecule has 0 bridgehead atoms. The van der Waals surface area contributed by atoms with E-state index in [9.17, 15) is 0 Å². The van der Waals surface area contributed by atoms with Crippen molar-refractivity contribution in [2.75, 3.05) is 0 Å². The average Bonchev–Trinajstić information content (AvgIpc) is 3.60. The van der Waals surface area contributed by atoms with Crippen LogP contribution in [0.15, 0.2) is 212 Å². The van der Waals surface area contributed by atoms with Gasteiger partial charge in [-0.15, -0.1) is 0 Å². The van der Waals surface area contributed by atoms with Gasteiger partial charge in [0.25, 0.3) is 0 Å². The molecule has 3 heterocycles. The van der Waals surface area contributed by atoms with E-state index in [0.717, 1.165) is 67.3 Å². The minimum Gasteiger partial charge on any atom is -0.228 e. The molecule has 6 heteroatoms. The van der Waals surface area contributed by atoms with Crippen molar-refractivity contribution in [3.8, 4) is 101 Å². The number of nitrogens with zero attached hydrogens (tertiary/aromatic N) is 5. The van der Waals surface area contributed by atoms with Crippen molar-refractivity contribution in [2.24, 2.45) is 0 Å². The highest BCUT2D eigenvalue weighted by molar-refractivity contribution is 7.04. The van der Waals surface area contributed by atoms with E-state index in [2.05, 4.69) is 165 Å². The van der Waals surface area contributed by atoms with E-state index in [1.54, 1.807) is 0 Å². The van der Waals surface area contributed by atoms with E-state index in [1.807, 2.05) is 60.7 Å². The van der Waals surface area contributed by atoms with E-state index in [4.69, 9.17) is 24.9 Å². The number of hydrogen-bond donors (Lipinski definition) is 0. The Balaban J connectivity index is 0.823. The highest BCUT2D eigenvalue weighted by atomic mass is 28.3. The molecule has 63 heavy (non-hydrogen) atoms. The number of aromatic nitrogens is 5. The Morgan fingerprint density at radius 2 is 0.540 bits per heavy atom. The van der Waals surface area contributed by atoms with Crippen molar-refractivity contribution in [2.45, 2.75) is 13.1 Å². The van der Waals surface area contributed by atoms with E-state index in [0.29, 0.717) is 17.5 Å². The van der Waals surface area contributed by atoms with Crippen molar-refractivity contribution in [3.05, 3.63) is 212 Å². The van der Waals surface area contributed by atoms with Crippen molar-refractivity contribution < 1.29 is 0 Å². The molecular weight excluding hydrogens is 783 g/mol. The van der Waals surface area contributed by atoms with Crippen LogP contribution in [-0.4, -0.2) is 33.0 Å². The van der Waals surface area contributed by atoms with Gasteiger partial charge in [-0.05, 0) is 49.3 Å². The number of rotatable bonds is 8. The Bertz CT molecular complexity index is 3190. The summed E-state index contributed by atoms with van der Waals surface area (Å²) in [5, 5.41) is 2.75. The lowest BCUT2D eigenvalue weighted by Crippen LogP contribution is -2.50. The Kier molecular flexibility index (Phi) is 9.55. The first-order chi connectivity index (χ1) is 31.0. The number of hydrogen-bond acceptors (Lipinski definition) is 5. The maximum atomic E-state index is 5.29. The normalized spacial score (nSPS) is 12.4. The highest BCUT2D eigenvalue weighted by Crippen LogP contribution is 2.35. The molecule has 2 aromatic heterocycles. The lowest BCUT2D eigenvalue weighted by molar-refractivity contribution is 1.07. The van der Waals surface area contributed by atoms with Gasteiger partial charge in [-0.3, -0.25) is 0 Å². The molecular formula is C57H41N5Si. The molecule has 0 aliphatic carbocycles. The number of benzene rings is 8. The molecule has 1 aliphatic heterocycles. The molecule has 0 saturated heterocycles. The minimum atomic E-state index is -2.00. The smallest absolute Gasteiger partial charge is 0.164 e. The molecule has 0 N–H and O–H groups in total. The third kappa shape index (κ3) is 7.16. The quantitative estimate of drug-likeness (QED) is 0.143.